The minimum Gasteiger partial charge on any atom is -0.379 e. The highest BCUT2D eigenvalue weighted by Gasteiger charge is 2.46. The van der Waals surface area contributed by atoms with Gasteiger partial charge in [-0.2, -0.15) is 0 Å². The van der Waals surface area contributed by atoms with Crippen LogP contribution in [-0.2, 0) is 16.1 Å². The summed E-state index contributed by atoms with van der Waals surface area (Å²) in [7, 11) is 0. The molecule has 2 aliphatic rings. The molecule has 128 valence electrons. The molecule has 0 radical (unpaired) electrons. The quantitative estimate of drug-likeness (QED) is 0.849. The van der Waals surface area contributed by atoms with Gasteiger partial charge in [0.05, 0.1) is 18.9 Å². The monoisotopic (exact) mass is 321 g/mol. The number of hydrogen-bond donors (Lipinski definition) is 0. The summed E-state index contributed by atoms with van der Waals surface area (Å²) in [6, 6.07) is 0.251. The fourth-order valence-corrected chi connectivity index (χ4v) is 3.77. The Morgan fingerprint density at radius 2 is 2.09 bits per heavy atom. The van der Waals surface area contributed by atoms with Crippen LogP contribution in [0.5, 0.6) is 0 Å². The first kappa shape index (κ1) is 16.5. The van der Waals surface area contributed by atoms with Gasteiger partial charge in [-0.25, -0.2) is 0 Å². The minimum absolute atomic E-state index is 0.0865. The smallest absolute Gasteiger partial charge is 0.223 e. The van der Waals surface area contributed by atoms with Gasteiger partial charge >= 0.3 is 0 Å². The van der Waals surface area contributed by atoms with E-state index in [0.717, 1.165) is 43.2 Å². The molecule has 1 aromatic rings. The fourth-order valence-electron chi connectivity index (χ4n) is 3.77. The average Bonchev–Trinajstić information content (AvgIpc) is 2.88. The minimum atomic E-state index is -0.0865. The van der Waals surface area contributed by atoms with E-state index in [1.165, 1.54) is 0 Å². The third-order valence-corrected chi connectivity index (χ3v) is 5.06. The van der Waals surface area contributed by atoms with Gasteiger partial charge in [0.2, 0.25) is 5.91 Å². The molecule has 2 saturated heterocycles. The molecule has 1 unspecified atom stereocenters. The second kappa shape index (κ2) is 6.24. The van der Waals surface area contributed by atoms with Crippen molar-refractivity contribution in [1.29, 1.82) is 0 Å². The lowest BCUT2D eigenvalue weighted by atomic mass is 9.87. The van der Waals surface area contributed by atoms with Gasteiger partial charge in [-0.15, -0.1) is 0 Å². The predicted molar refractivity (Wildman–Crippen MR) is 86.0 cm³/mol. The Hall–Kier alpha value is -1.40. The van der Waals surface area contributed by atoms with Gasteiger partial charge in [0, 0.05) is 49.6 Å². The highest BCUT2D eigenvalue weighted by atomic mass is 16.5. The van der Waals surface area contributed by atoms with Crippen molar-refractivity contribution in [2.75, 3.05) is 32.8 Å². The molecule has 0 N–H and O–H groups in total. The van der Waals surface area contributed by atoms with E-state index in [4.69, 9.17) is 9.26 Å². The summed E-state index contributed by atoms with van der Waals surface area (Å²) in [5.74, 6) is 1.14. The summed E-state index contributed by atoms with van der Waals surface area (Å²) < 4.78 is 11.1. The van der Waals surface area contributed by atoms with Crippen molar-refractivity contribution in [1.82, 2.24) is 15.0 Å². The van der Waals surface area contributed by atoms with Crippen LogP contribution in [0.15, 0.2) is 4.52 Å². The maximum atomic E-state index is 12.4. The van der Waals surface area contributed by atoms with Gasteiger partial charge in [0.25, 0.3) is 0 Å². The van der Waals surface area contributed by atoms with E-state index in [1.807, 2.05) is 18.7 Å². The van der Waals surface area contributed by atoms with Crippen LogP contribution in [0.4, 0.5) is 0 Å². The maximum absolute atomic E-state index is 12.4. The molecule has 6 heteroatoms. The van der Waals surface area contributed by atoms with Crippen LogP contribution in [0.25, 0.3) is 0 Å². The Morgan fingerprint density at radius 3 is 2.70 bits per heavy atom. The molecule has 23 heavy (non-hydrogen) atoms. The zero-order valence-electron chi connectivity index (χ0n) is 14.6. The van der Waals surface area contributed by atoms with Crippen LogP contribution in [-0.4, -0.2) is 59.8 Å². The lowest BCUT2D eigenvalue weighted by Crippen LogP contribution is -2.41. The Labute approximate surface area is 137 Å². The number of rotatable bonds is 3. The van der Waals surface area contributed by atoms with E-state index < -0.39 is 0 Å². The number of aromatic nitrogens is 1. The number of carbonyl (C=O) groups is 1. The van der Waals surface area contributed by atoms with Crippen LogP contribution in [0.3, 0.4) is 0 Å². The molecule has 3 heterocycles. The van der Waals surface area contributed by atoms with Crippen LogP contribution >= 0.6 is 0 Å². The topological polar surface area (TPSA) is 58.8 Å². The molecule has 0 saturated carbocycles. The lowest BCUT2D eigenvalue weighted by Gasteiger charge is -2.32. The molecule has 0 aliphatic carbocycles. The van der Waals surface area contributed by atoms with Gasteiger partial charge < -0.3 is 14.2 Å². The molecule has 0 bridgehead atoms. The predicted octanol–water partition coefficient (Wildman–Crippen LogP) is 1.75. The molecule has 2 fully saturated rings. The van der Waals surface area contributed by atoms with Crippen molar-refractivity contribution in [3.05, 3.63) is 17.0 Å². The van der Waals surface area contributed by atoms with Crippen LogP contribution < -0.4 is 0 Å². The summed E-state index contributed by atoms with van der Waals surface area (Å²) in [4.78, 5) is 16.7. The van der Waals surface area contributed by atoms with Crippen molar-refractivity contribution in [3.63, 3.8) is 0 Å². The fraction of sp³-hybridized carbons (Fsp3) is 0.765. The zero-order chi connectivity index (χ0) is 16.6. The molecule has 3 rings (SSSR count). The molecule has 1 spiro atoms. The van der Waals surface area contributed by atoms with Crippen LogP contribution in [0.2, 0.25) is 0 Å². The summed E-state index contributed by atoms with van der Waals surface area (Å²) in [6.45, 7) is 12.8. The van der Waals surface area contributed by atoms with Crippen molar-refractivity contribution in [2.24, 2.45) is 5.41 Å². The number of carbonyl (C=O) groups excluding carboxylic acids is 1. The summed E-state index contributed by atoms with van der Waals surface area (Å²) in [5.41, 5.74) is 2.02. The first-order valence-corrected chi connectivity index (χ1v) is 8.41. The van der Waals surface area contributed by atoms with Gasteiger partial charge in [0.1, 0.15) is 5.76 Å². The molecule has 6 nitrogen and oxygen atoms in total. The lowest BCUT2D eigenvalue weighted by molar-refractivity contribution is -0.129. The van der Waals surface area contributed by atoms with Crippen molar-refractivity contribution < 1.29 is 14.1 Å². The first-order valence-electron chi connectivity index (χ1n) is 8.41. The van der Waals surface area contributed by atoms with Gasteiger partial charge in [-0.1, -0.05) is 5.16 Å². The third kappa shape index (κ3) is 3.28. The van der Waals surface area contributed by atoms with Crippen LogP contribution in [0.1, 0.15) is 37.3 Å². The zero-order valence-corrected chi connectivity index (χ0v) is 14.6. The molecule has 2 aliphatic heterocycles. The maximum Gasteiger partial charge on any atom is 0.223 e. The Balaban J connectivity index is 1.75. The third-order valence-electron chi connectivity index (χ3n) is 5.06. The van der Waals surface area contributed by atoms with E-state index in [0.29, 0.717) is 19.6 Å². The number of likely N-dealkylation sites (tertiary alicyclic amines) is 1. The van der Waals surface area contributed by atoms with E-state index in [1.54, 1.807) is 0 Å². The number of ether oxygens (including phenoxy) is 1. The summed E-state index contributed by atoms with van der Waals surface area (Å²) >= 11 is 0. The second-order valence-electron chi connectivity index (χ2n) is 7.36. The normalized spacial score (nSPS) is 26.5. The van der Waals surface area contributed by atoms with Crippen LogP contribution in [0, 0.1) is 19.3 Å². The largest absolute Gasteiger partial charge is 0.379 e. The number of hydrogen-bond acceptors (Lipinski definition) is 5. The number of amides is 1. The average molecular weight is 321 g/mol. The van der Waals surface area contributed by atoms with Crippen molar-refractivity contribution in [3.8, 4) is 0 Å². The van der Waals surface area contributed by atoms with E-state index in [-0.39, 0.29) is 17.4 Å². The molecular weight excluding hydrogens is 294 g/mol. The Kier molecular flexibility index (Phi) is 4.47. The van der Waals surface area contributed by atoms with Gasteiger partial charge in [-0.05, 0) is 27.7 Å². The first-order chi connectivity index (χ1) is 10.9. The van der Waals surface area contributed by atoms with Gasteiger partial charge in [-0.3, -0.25) is 9.69 Å². The number of nitrogens with zero attached hydrogens (tertiary/aromatic N) is 3. The summed E-state index contributed by atoms with van der Waals surface area (Å²) in [6.07, 6.45) is 0.587. The number of aryl methyl sites for hydroxylation is 2. The Bertz CT molecular complexity index is 564. The molecule has 1 atom stereocenters. The molecule has 1 amide bonds. The van der Waals surface area contributed by atoms with Crippen molar-refractivity contribution >= 4 is 5.91 Å². The SMILES string of the molecule is Cc1noc(C)c1CN1CCOCC2(CC(=O)N(C(C)C)C2)C1. The molecular formula is C17H27N3O3. The standard InChI is InChI=1S/C17H27N3O3/c1-12(2)20-10-17(7-16(20)21)9-19(5-6-22-11-17)8-15-13(3)18-23-14(15)4/h12H,5-11H2,1-4H3. The molecule has 1 aromatic heterocycles. The van der Waals surface area contributed by atoms with Gasteiger partial charge in [0.15, 0.2) is 0 Å². The van der Waals surface area contributed by atoms with E-state index >= 15 is 0 Å². The Morgan fingerprint density at radius 1 is 1.30 bits per heavy atom. The highest BCUT2D eigenvalue weighted by Crippen LogP contribution is 2.35. The van der Waals surface area contributed by atoms with E-state index in [9.17, 15) is 4.79 Å². The van der Waals surface area contributed by atoms with E-state index in [2.05, 4.69) is 23.9 Å². The molecule has 0 aromatic carbocycles. The second-order valence-corrected chi connectivity index (χ2v) is 7.36. The van der Waals surface area contributed by atoms with Crippen molar-refractivity contribution in [2.45, 2.75) is 46.7 Å². The highest BCUT2D eigenvalue weighted by molar-refractivity contribution is 5.79. The summed E-state index contributed by atoms with van der Waals surface area (Å²) in [5, 5.41) is 4.05.